The Balaban J connectivity index is 1.39. The number of pyridine rings is 1. The average Bonchev–Trinajstić information content (AvgIpc) is 2.87. The first kappa shape index (κ1) is 23.1. The summed E-state index contributed by atoms with van der Waals surface area (Å²) in [5, 5.41) is 6.62. The molecular formula is C27H30N6O. The molecule has 2 aromatic carbocycles. The first-order valence-corrected chi connectivity index (χ1v) is 11.7. The molecule has 0 bridgehead atoms. The van der Waals surface area contributed by atoms with E-state index in [2.05, 4.69) is 37.5 Å². The maximum Gasteiger partial charge on any atom is 0.252 e. The Labute approximate surface area is 200 Å². The van der Waals surface area contributed by atoms with Crippen LogP contribution >= 0.6 is 0 Å². The summed E-state index contributed by atoms with van der Waals surface area (Å²) in [4.78, 5) is 22.1. The number of nitrogens with zero attached hydrogens (tertiary/aromatic N) is 3. The van der Waals surface area contributed by atoms with Crippen molar-refractivity contribution in [2.24, 2.45) is 11.7 Å². The Bertz CT molecular complexity index is 1130. The number of amides is 1. The predicted molar refractivity (Wildman–Crippen MR) is 137 cm³/mol. The number of hydrogen-bond acceptors (Lipinski definition) is 5. The number of piperidine rings is 1. The van der Waals surface area contributed by atoms with E-state index in [4.69, 9.17) is 12.3 Å². The van der Waals surface area contributed by atoms with Gasteiger partial charge >= 0.3 is 0 Å². The lowest BCUT2D eigenvalue weighted by atomic mass is 9.93. The van der Waals surface area contributed by atoms with Crippen molar-refractivity contribution >= 4 is 28.8 Å². The molecule has 0 saturated carbocycles. The number of hydrogen-bond donors (Lipinski definition) is 3. The first-order chi connectivity index (χ1) is 16.6. The number of primary amides is 1. The van der Waals surface area contributed by atoms with E-state index in [1.165, 1.54) is 11.9 Å². The molecule has 0 aliphatic carbocycles. The maximum absolute atomic E-state index is 11.9. The molecule has 2 heterocycles. The zero-order chi connectivity index (χ0) is 23.8. The highest BCUT2D eigenvalue weighted by Crippen LogP contribution is 2.28. The van der Waals surface area contributed by atoms with Gasteiger partial charge in [-0.15, -0.1) is 0 Å². The second-order valence-corrected chi connectivity index (χ2v) is 8.59. The molecule has 7 heteroatoms. The molecule has 34 heavy (non-hydrogen) atoms. The summed E-state index contributed by atoms with van der Waals surface area (Å²) in [6, 6.07) is 20.1. The van der Waals surface area contributed by atoms with Crippen LogP contribution in [0.5, 0.6) is 0 Å². The third-order valence-electron chi connectivity index (χ3n) is 6.26. The van der Waals surface area contributed by atoms with Crippen LogP contribution in [-0.4, -0.2) is 30.5 Å². The van der Waals surface area contributed by atoms with E-state index in [1.807, 2.05) is 48.5 Å². The van der Waals surface area contributed by atoms with Crippen LogP contribution in [0.2, 0.25) is 0 Å². The topological polar surface area (TPSA) is 87.6 Å². The quantitative estimate of drug-likeness (QED) is 0.393. The summed E-state index contributed by atoms with van der Waals surface area (Å²) >= 11 is 0. The summed E-state index contributed by atoms with van der Waals surface area (Å²) < 4.78 is 0. The van der Waals surface area contributed by atoms with E-state index in [0.717, 1.165) is 43.6 Å². The van der Waals surface area contributed by atoms with Crippen molar-refractivity contribution in [2.75, 3.05) is 35.2 Å². The molecule has 4 rings (SSSR count). The minimum absolute atomic E-state index is 0.358. The standard InChI is InChI=1S/C27H30N6O/c1-29-14-11-20-12-15-33(16-13-20)23-9-7-22(8-10-23)32-26-17-25(24(19-31-26)27(28)34)30-18-21-5-3-2-4-6-21/h2-10,17,19-20H,11-16,18H2,(H2,28,34)(H2,30,31,32). The lowest BCUT2D eigenvalue weighted by Gasteiger charge is -2.33. The highest BCUT2D eigenvalue weighted by atomic mass is 16.1. The van der Waals surface area contributed by atoms with Gasteiger partial charge in [-0.25, -0.2) is 11.6 Å². The van der Waals surface area contributed by atoms with Crippen LogP contribution in [0, 0.1) is 12.5 Å². The van der Waals surface area contributed by atoms with E-state index in [9.17, 15) is 4.79 Å². The van der Waals surface area contributed by atoms with Gasteiger partial charge in [-0.3, -0.25) is 4.79 Å². The van der Waals surface area contributed by atoms with Gasteiger partial charge in [0, 0.05) is 49.7 Å². The number of nitrogens with two attached hydrogens (primary N) is 1. The molecule has 1 fully saturated rings. The number of rotatable bonds is 9. The van der Waals surface area contributed by atoms with Crippen molar-refractivity contribution in [3.63, 3.8) is 0 Å². The fraction of sp³-hybridized carbons (Fsp3) is 0.296. The lowest BCUT2D eigenvalue weighted by molar-refractivity contribution is 0.100. The molecule has 3 aromatic rings. The van der Waals surface area contributed by atoms with Crippen molar-refractivity contribution in [1.29, 1.82) is 0 Å². The van der Waals surface area contributed by atoms with Gasteiger partial charge in [0.1, 0.15) is 5.82 Å². The first-order valence-electron chi connectivity index (χ1n) is 11.7. The van der Waals surface area contributed by atoms with Crippen molar-refractivity contribution in [3.8, 4) is 0 Å². The SMILES string of the molecule is [C-]#[N+]CCC1CCN(c2ccc(Nc3cc(NCc4ccccc4)c(C(N)=O)cn3)cc2)CC1. The fourth-order valence-electron chi connectivity index (χ4n) is 4.29. The molecule has 1 saturated heterocycles. The number of nitrogens with one attached hydrogen (secondary N) is 2. The van der Waals surface area contributed by atoms with Gasteiger partial charge in [-0.2, -0.15) is 0 Å². The van der Waals surface area contributed by atoms with Crippen LogP contribution in [0.1, 0.15) is 35.2 Å². The fourth-order valence-corrected chi connectivity index (χ4v) is 4.29. The van der Waals surface area contributed by atoms with Crippen LogP contribution in [-0.2, 0) is 6.54 Å². The highest BCUT2D eigenvalue weighted by Gasteiger charge is 2.20. The van der Waals surface area contributed by atoms with Crippen molar-refractivity contribution in [2.45, 2.75) is 25.8 Å². The third-order valence-corrected chi connectivity index (χ3v) is 6.26. The Kier molecular flexibility index (Phi) is 7.61. The van der Waals surface area contributed by atoms with Crippen LogP contribution in [0.4, 0.5) is 22.9 Å². The molecule has 1 aliphatic rings. The summed E-state index contributed by atoms with van der Waals surface area (Å²) in [7, 11) is 0. The molecule has 0 unspecified atom stereocenters. The van der Waals surface area contributed by atoms with E-state index in [1.54, 1.807) is 0 Å². The molecular weight excluding hydrogens is 424 g/mol. The molecule has 0 radical (unpaired) electrons. The Morgan fingerprint density at radius 2 is 1.85 bits per heavy atom. The van der Waals surface area contributed by atoms with Crippen molar-refractivity contribution in [3.05, 3.63) is 89.4 Å². The van der Waals surface area contributed by atoms with Crippen LogP contribution < -0.4 is 21.3 Å². The van der Waals surface area contributed by atoms with Gasteiger partial charge in [0.25, 0.3) is 5.91 Å². The van der Waals surface area contributed by atoms with Crippen molar-refractivity contribution < 1.29 is 4.79 Å². The molecule has 1 aromatic heterocycles. The number of carbonyl (C=O) groups is 1. The normalized spacial score (nSPS) is 13.8. The van der Waals surface area contributed by atoms with Crippen LogP contribution in [0.3, 0.4) is 0 Å². The Morgan fingerprint density at radius 3 is 2.53 bits per heavy atom. The summed E-state index contributed by atoms with van der Waals surface area (Å²) in [5.41, 5.74) is 9.78. The maximum atomic E-state index is 11.9. The van der Waals surface area contributed by atoms with Crippen LogP contribution in [0.25, 0.3) is 4.85 Å². The number of aromatic nitrogens is 1. The average molecular weight is 455 g/mol. The number of benzene rings is 2. The monoisotopic (exact) mass is 454 g/mol. The highest BCUT2D eigenvalue weighted by molar-refractivity contribution is 5.98. The second kappa shape index (κ2) is 11.2. The number of anilines is 4. The summed E-state index contributed by atoms with van der Waals surface area (Å²) in [6.45, 7) is 10.3. The van der Waals surface area contributed by atoms with Gasteiger partial charge in [0.05, 0.1) is 11.3 Å². The minimum atomic E-state index is -0.517. The number of carbonyl (C=O) groups excluding carboxylic acids is 1. The van der Waals surface area contributed by atoms with Gasteiger partial charge in [0.2, 0.25) is 6.54 Å². The van der Waals surface area contributed by atoms with Crippen LogP contribution in [0.15, 0.2) is 66.9 Å². The molecule has 0 spiro atoms. The third kappa shape index (κ3) is 6.04. The van der Waals surface area contributed by atoms with Gasteiger partial charge < -0.3 is 26.1 Å². The molecule has 4 N–H and O–H groups in total. The van der Waals surface area contributed by atoms with Gasteiger partial charge in [-0.1, -0.05) is 30.3 Å². The largest absolute Gasteiger partial charge is 0.380 e. The smallest absolute Gasteiger partial charge is 0.252 e. The summed E-state index contributed by atoms with van der Waals surface area (Å²) in [5.74, 6) is 0.788. The molecule has 7 nitrogen and oxygen atoms in total. The van der Waals surface area contributed by atoms with Gasteiger partial charge in [-0.05, 0) is 48.6 Å². The minimum Gasteiger partial charge on any atom is -0.380 e. The molecule has 1 aliphatic heterocycles. The van der Waals surface area contributed by atoms with E-state index in [-0.39, 0.29) is 0 Å². The van der Waals surface area contributed by atoms with E-state index < -0.39 is 5.91 Å². The van der Waals surface area contributed by atoms with E-state index in [0.29, 0.717) is 36.1 Å². The Hall–Kier alpha value is -4.05. The zero-order valence-corrected chi connectivity index (χ0v) is 19.2. The molecule has 1 amide bonds. The Morgan fingerprint density at radius 1 is 1.12 bits per heavy atom. The molecule has 0 atom stereocenters. The van der Waals surface area contributed by atoms with E-state index >= 15 is 0 Å². The van der Waals surface area contributed by atoms with Gasteiger partial charge in [0.15, 0.2) is 0 Å². The van der Waals surface area contributed by atoms with Crippen molar-refractivity contribution in [1.82, 2.24) is 4.98 Å². The summed E-state index contributed by atoms with van der Waals surface area (Å²) in [6.07, 6.45) is 4.81. The molecule has 174 valence electrons. The second-order valence-electron chi connectivity index (χ2n) is 8.59. The lowest BCUT2D eigenvalue weighted by Crippen LogP contribution is -2.33. The predicted octanol–water partition coefficient (Wildman–Crippen LogP) is 5.06. The zero-order valence-electron chi connectivity index (χ0n) is 19.2.